The van der Waals surface area contributed by atoms with Crippen LogP contribution in [0.3, 0.4) is 0 Å². The summed E-state index contributed by atoms with van der Waals surface area (Å²) in [6.45, 7) is 4.97. The van der Waals surface area contributed by atoms with Crippen LogP contribution in [0.15, 0.2) is 5.11 Å². The number of rotatable bonds is 4. The third-order valence-electron chi connectivity index (χ3n) is 1.10. The molecule has 0 unspecified atom stereocenters. The van der Waals surface area contributed by atoms with Crippen molar-refractivity contribution in [3.8, 4) is 0 Å². The highest BCUT2D eigenvalue weighted by Crippen LogP contribution is 2.02. The minimum Gasteiger partial charge on any atom is -0.0940 e. The standard InChI is InChI=1S/C6H13N3/c1-6(2)4-3-5-8-9-7/h6H,3-5H2,1-2H3. The summed E-state index contributed by atoms with van der Waals surface area (Å²) in [5, 5.41) is 3.42. The van der Waals surface area contributed by atoms with Gasteiger partial charge >= 0.3 is 0 Å². The molecule has 0 aliphatic heterocycles. The summed E-state index contributed by atoms with van der Waals surface area (Å²) < 4.78 is 0. The Kier molecular flexibility index (Phi) is 5.03. The Morgan fingerprint density at radius 2 is 2.22 bits per heavy atom. The first-order valence-corrected chi connectivity index (χ1v) is 3.28. The molecule has 0 aliphatic carbocycles. The van der Waals surface area contributed by atoms with Crippen molar-refractivity contribution in [2.75, 3.05) is 6.54 Å². The molecule has 0 radical (unpaired) electrons. The first kappa shape index (κ1) is 8.31. The van der Waals surface area contributed by atoms with E-state index in [9.17, 15) is 0 Å². The minimum atomic E-state index is 0.648. The molecule has 0 atom stereocenters. The van der Waals surface area contributed by atoms with Crippen LogP contribution in [-0.2, 0) is 0 Å². The molecule has 0 saturated carbocycles. The largest absolute Gasteiger partial charge is 0.0940 e. The average Bonchev–Trinajstić information content (AvgIpc) is 1.80. The summed E-state index contributed by atoms with van der Waals surface area (Å²) in [7, 11) is 0. The maximum Gasteiger partial charge on any atom is 0.0258 e. The van der Waals surface area contributed by atoms with E-state index >= 15 is 0 Å². The second kappa shape index (κ2) is 5.45. The molecule has 0 bridgehead atoms. The summed E-state index contributed by atoms with van der Waals surface area (Å²) >= 11 is 0. The van der Waals surface area contributed by atoms with Crippen molar-refractivity contribution in [1.82, 2.24) is 0 Å². The third kappa shape index (κ3) is 7.31. The Morgan fingerprint density at radius 1 is 1.56 bits per heavy atom. The van der Waals surface area contributed by atoms with E-state index < -0.39 is 0 Å². The molecular formula is C6H13N3. The van der Waals surface area contributed by atoms with Crippen LogP contribution in [0.25, 0.3) is 10.4 Å². The number of nitrogens with zero attached hydrogens (tertiary/aromatic N) is 3. The molecule has 3 nitrogen and oxygen atoms in total. The van der Waals surface area contributed by atoms with Gasteiger partial charge in [-0.3, -0.25) is 0 Å². The quantitative estimate of drug-likeness (QED) is 0.241. The fourth-order valence-electron chi connectivity index (χ4n) is 0.615. The molecule has 0 N–H and O–H groups in total. The topological polar surface area (TPSA) is 48.8 Å². The van der Waals surface area contributed by atoms with Gasteiger partial charge in [-0.1, -0.05) is 25.4 Å². The average molecular weight is 127 g/mol. The van der Waals surface area contributed by atoms with Crippen LogP contribution in [0, 0.1) is 5.92 Å². The van der Waals surface area contributed by atoms with Gasteiger partial charge in [-0.25, -0.2) is 0 Å². The van der Waals surface area contributed by atoms with Crippen molar-refractivity contribution in [2.24, 2.45) is 11.0 Å². The van der Waals surface area contributed by atoms with Crippen molar-refractivity contribution in [1.29, 1.82) is 0 Å². The highest BCUT2D eigenvalue weighted by molar-refractivity contribution is 4.49. The van der Waals surface area contributed by atoms with Crippen LogP contribution < -0.4 is 0 Å². The Bertz CT molecular complexity index is 103. The normalized spacial score (nSPS) is 9.22. The van der Waals surface area contributed by atoms with Crippen LogP contribution in [0.4, 0.5) is 0 Å². The highest BCUT2D eigenvalue weighted by Gasteiger charge is 1.90. The van der Waals surface area contributed by atoms with E-state index in [0.29, 0.717) is 6.54 Å². The van der Waals surface area contributed by atoms with Crippen molar-refractivity contribution in [3.63, 3.8) is 0 Å². The van der Waals surface area contributed by atoms with E-state index in [1.807, 2.05) is 0 Å². The smallest absolute Gasteiger partial charge is 0.0258 e. The molecule has 0 amide bonds. The number of hydrogen-bond acceptors (Lipinski definition) is 1. The molecule has 3 heteroatoms. The van der Waals surface area contributed by atoms with Gasteiger partial charge in [0.05, 0.1) is 0 Å². The molecule has 0 rings (SSSR count). The Labute approximate surface area is 55.7 Å². The van der Waals surface area contributed by atoms with E-state index in [0.717, 1.165) is 18.8 Å². The van der Waals surface area contributed by atoms with Gasteiger partial charge in [0.15, 0.2) is 0 Å². The SMILES string of the molecule is CC(C)CCCN=[N+]=[N-]. The first-order chi connectivity index (χ1) is 4.27. The second-order valence-electron chi connectivity index (χ2n) is 2.49. The maximum atomic E-state index is 7.89. The summed E-state index contributed by atoms with van der Waals surface area (Å²) in [4.78, 5) is 2.66. The van der Waals surface area contributed by atoms with Crippen molar-refractivity contribution in [2.45, 2.75) is 26.7 Å². The third-order valence-corrected chi connectivity index (χ3v) is 1.10. The molecule has 0 fully saturated rings. The zero-order chi connectivity index (χ0) is 7.11. The zero-order valence-electron chi connectivity index (χ0n) is 6.04. The summed E-state index contributed by atoms with van der Waals surface area (Å²) in [6.07, 6.45) is 2.17. The summed E-state index contributed by atoms with van der Waals surface area (Å²) in [6, 6.07) is 0. The van der Waals surface area contributed by atoms with Crippen LogP contribution in [0.2, 0.25) is 0 Å². The van der Waals surface area contributed by atoms with Crippen LogP contribution in [0.1, 0.15) is 26.7 Å². The summed E-state index contributed by atoms with van der Waals surface area (Å²) in [5.41, 5.74) is 7.89. The van der Waals surface area contributed by atoms with Crippen molar-refractivity contribution in [3.05, 3.63) is 10.4 Å². The molecule has 0 spiro atoms. The van der Waals surface area contributed by atoms with Crippen LogP contribution in [0.5, 0.6) is 0 Å². The summed E-state index contributed by atoms with van der Waals surface area (Å²) in [5.74, 6) is 0.721. The van der Waals surface area contributed by atoms with E-state index in [4.69, 9.17) is 5.53 Å². The molecule has 52 valence electrons. The van der Waals surface area contributed by atoms with Crippen molar-refractivity contribution < 1.29 is 0 Å². The lowest BCUT2D eigenvalue weighted by Crippen LogP contribution is -1.87. The monoisotopic (exact) mass is 127 g/mol. The fourth-order valence-corrected chi connectivity index (χ4v) is 0.615. The molecule has 0 heterocycles. The van der Waals surface area contributed by atoms with Gasteiger partial charge < -0.3 is 0 Å². The van der Waals surface area contributed by atoms with Gasteiger partial charge in [0, 0.05) is 11.5 Å². The second-order valence-corrected chi connectivity index (χ2v) is 2.49. The van der Waals surface area contributed by atoms with E-state index in [1.54, 1.807) is 0 Å². The molecule has 0 aromatic carbocycles. The molecule has 9 heavy (non-hydrogen) atoms. The molecule has 0 aromatic rings. The van der Waals surface area contributed by atoms with Crippen LogP contribution in [-0.4, -0.2) is 6.54 Å². The predicted octanol–water partition coefficient (Wildman–Crippen LogP) is 2.73. The Morgan fingerprint density at radius 3 is 2.67 bits per heavy atom. The molecule has 0 aromatic heterocycles. The van der Waals surface area contributed by atoms with Gasteiger partial charge in [-0.2, -0.15) is 0 Å². The molecule has 0 aliphatic rings. The van der Waals surface area contributed by atoms with Gasteiger partial charge in [0.1, 0.15) is 0 Å². The number of azide groups is 1. The van der Waals surface area contributed by atoms with Gasteiger partial charge in [-0.05, 0) is 17.9 Å². The van der Waals surface area contributed by atoms with Gasteiger partial charge in [0.25, 0.3) is 0 Å². The highest BCUT2D eigenvalue weighted by atomic mass is 15.1. The first-order valence-electron chi connectivity index (χ1n) is 3.28. The van der Waals surface area contributed by atoms with E-state index in [1.165, 1.54) is 0 Å². The lowest BCUT2D eigenvalue weighted by Gasteiger charge is -1.98. The zero-order valence-corrected chi connectivity index (χ0v) is 6.04. The minimum absolute atomic E-state index is 0.648. The van der Waals surface area contributed by atoms with Crippen molar-refractivity contribution >= 4 is 0 Å². The molecule has 0 saturated heterocycles. The predicted molar refractivity (Wildman–Crippen MR) is 38.1 cm³/mol. The fraction of sp³-hybridized carbons (Fsp3) is 1.00. The Balaban J connectivity index is 3.00. The molecular weight excluding hydrogens is 114 g/mol. The lowest BCUT2D eigenvalue weighted by atomic mass is 10.1. The van der Waals surface area contributed by atoms with E-state index in [2.05, 4.69) is 23.9 Å². The van der Waals surface area contributed by atoms with E-state index in [-0.39, 0.29) is 0 Å². The lowest BCUT2D eigenvalue weighted by molar-refractivity contribution is 0.561. The maximum absolute atomic E-state index is 7.89. The number of hydrogen-bond donors (Lipinski definition) is 0. The van der Waals surface area contributed by atoms with Gasteiger partial charge in [-0.15, -0.1) is 0 Å². The van der Waals surface area contributed by atoms with Gasteiger partial charge in [0.2, 0.25) is 0 Å². The van der Waals surface area contributed by atoms with Crippen LogP contribution >= 0.6 is 0 Å². The Hall–Kier alpha value is -0.690.